The molecule has 0 aromatic heterocycles. The predicted molar refractivity (Wildman–Crippen MR) is 103 cm³/mol. The van der Waals surface area contributed by atoms with Gasteiger partial charge in [0.05, 0.1) is 17.1 Å². The number of hydrogen-bond acceptors (Lipinski definition) is 4. The van der Waals surface area contributed by atoms with Crippen molar-refractivity contribution in [2.75, 3.05) is 24.0 Å². The Morgan fingerprint density at radius 3 is 2.48 bits per heavy atom. The molecule has 27 heavy (non-hydrogen) atoms. The van der Waals surface area contributed by atoms with E-state index in [1.807, 2.05) is 42.5 Å². The van der Waals surface area contributed by atoms with Gasteiger partial charge >= 0.3 is 0 Å². The molecule has 138 valence electrons. The number of carbonyl (C=O) groups is 1. The van der Waals surface area contributed by atoms with E-state index in [1.54, 1.807) is 24.3 Å². The fraction of sp³-hybridized carbons (Fsp3) is 0.150. The van der Waals surface area contributed by atoms with Crippen LogP contribution in [0.3, 0.4) is 0 Å². The molecule has 0 unspecified atom stereocenters. The van der Waals surface area contributed by atoms with Crippen molar-refractivity contribution < 1.29 is 17.9 Å². The summed E-state index contributed by atoms with van der Waals surface area (Å²) in [6.45, 7) is 0.332. The lowest BCUT2D eigenvalue weighted by Crippen LogP contribution is -2.40. The van der Waals surface area contributed by atoms with Crippen molar-refractivity contribution in [2.24, 2.45) is 0 Å². The SMILES string of the molecule is O=C(CN1c2cccc3cccc(c23)S1(=O)=O)NCCOc1ccccc1. The molecule has 0 radical (unpaired) electrons. The summed E-state index contributed by atoms with van der Waals surface area (Å²) in [6, 6.07) is 19.8. The van der Waals surface area contributed by atoms with Crippen LogP contribution < -0.4 is 14.4 Å². The van der Waals surface area contributed by atoms with Crippen molar-refractivity contribution in [3.05, 3.63) is 66.7 Å². The Bertz CT molecular complexity index is 1090. The fourth-order valence-electron chi connectivity index (χ4n) is 3.19. The molecule has 0 saturated heterocycles. The lowest BCUT2D eigenvalue weighted by atomic mass is 10.1. The first-order valence-electron chi connectivity index (χ1n) is 8.56. The van der Waals surface area contributed by atoms with Gasteiger partial charge in [0.15, 0.2) is 0 Å². The van der Waals surface area contributed by atoms with E-state index in [0.717, 1.165) is 15.4 Å². The molecule has 1 amide bonds. The summed E-state index contributed by atoms with van der Waals surface area (Å²) in [6.07, 6.45) is 0. The standard InChI is InChI=1S/C20H18N2O4S/c23-19(21-12-13-26-16-8-2-1-3-9-16)14-22-17-10-4-6-15-7-5-11-18(20(15)17)27(22,24)25/h1-11H,12-14H2,(H,21,23). The molecule has 3 aromatic rings. The molecule has 0 bridgehead atoms. The minimum absolute atomic E-state index is 0.246. The third-order valence-electron chi connectivity index (χ3n) is 4.40. The second-order valence-electron chi connectivity index (χ2n) is 6.15. The van der Waals surface area contributed by atoms with Crippen molar-refractivity contribution >= 4 is 32.4 Å². The predicted octanol–water partition coefficient (Wildman–Crippen LogP) is 2.54. The summed E-state index contributed by atoms with van der Waals surface area (Å²) in [5.74, 6) is 0.344. The van der Waals surface area contributed by atoms with E-state index in [9.17, 15) is 13.2 Å². The zero-order valence-corrected chi connectivity index (χ0v) is 15.3. The number of ether oxygens (including phenoxy) is 1. The summed E-state index contributed by atoms with van der Waals surface area (Å²) in [4.78, 5) is 12.5. The van der Waals surface area contributed by atoms with Crippen molar-refractivity contribution in [1.29, 1.82) is 0 Å². The number of para-hydroxylation sites is 1. The maximum atomic E-state index is 12.8. The number of sulfonamides is 1. The van der Waals surface area contributed by atoms with Crippen LogP contribution in [0.15, 0.2) is 71.6 Å². The number of amides is 1. The summed E-state index contributed by atoms with van der Waals surface area (Å²) >= 11 is 0. The molecule has 6 nitrogen and oxygen atoms in total. The summed E-state index contributed by atoms with van der Waals surface area (Å²) in [5, 5.41) is 4.21. The average Bonchev–Trinajstić information content (AvgIpc) is 2.90. The number of hydrogen-bond donors (Lipinski definition) is 1. The van der Waals surface area contributed by atoms with E-state index in [2.05, 4.69) is 5.32 Å². The van der Waals surface area contributed by atoms with Gasteiger partial charge in [-0.2, -0.15) is 0 Å². The number of nitrogens with one attached hydrogen (secondary N) is 1. The topological polar surface area (TPSA) is 75.7 Å². The largest absolute Gasteiger partial charge is 0.492 e. The van der Waals surface area contributed by atoms with Gasteiger partial charge in [-0.1, -0.05) is 42.5 Å². The summed E-state index contributed by atoms with van der Waals surface area (Å²) in [5.41, 5.74) is 0.541. The number of rotatable bonds is 6. The number of nitrogens with zero attached hydrogens (tertiary/aromatic N) is 1. The second-order valence-corrected chi connectivity index (χ2v) is 7.99. The smallest absolute Gasteiger partial charge is 0.265 e. The second kappa shape index (κ2) is 6.92. The lowest BCUT2D eigenvalue weighted by molar-refractivity contribution is -0.119. The van der Waals surface area contributed by atoms with Crippen LogP contribution in [0.5, 0.6) is 5.75 Å². The first-order valence-corrected chi connectivity index (χ1v) is 10.0. The zero-order valence-electron chi connectivity index (χ0n) is 14.5. The van der Waals surface area contributed by atoms with Crippen LogP contribution in [0.2, 0.25) is 0 Å². The van der Waals surface area contributed by atoms with Crippen molar-refractivity contribution in [3.63, 3.8) is 0 Å². The van der Waals surface area contributed by atoms with Crippen molar-refractivity contribution in [1.82, 2.24) is 5.32 Å². The highest BCUT2D eigenvalue weighted by Gasteiger charge is 2.36. The Hall–Kier alpha value is -3.06. The van der Waals surface area contributed by atoms with E-state index < -0.39 is 10.0 Å². The molecule has 0 atom stereocenters. The van der Waals surface area contributed by atoms with Crippen LogP contribution in [-0.2, 0) is 14.8 Å². The van der Waals surface area contributed by atoms with E-state index in [-0.39, 0.29) is 17.3 Å². The van der Waals surface area contributed by atoms with E-state index in [1.165, 1.54) is 0 Å². The molecule has 0 fully saturated rings. The monoisotopic (exact) mass is 382 g/mol. The van der Waals surface area contributed by atoms with Crippen LogP contribution in [0.4, 0.5) is 5.69 Å². The Kier molecular flexibility index (Phi) is 4.45. The van der Waals surface area contributed by atoms with Gasteiger partial charge in [-0.3, -0.25) is 9.10 Å². The van der Waals surface area contributed by atoms with Crippen LogP contribution in [-0.4, -0.2) is 34.0 Å². The van der Waals surface area contributed by atoms with Gasteiger partial charge in [0.2, 0.25) is 5.91 Å². The Balaban J connectivity index is 1.42. The van der Waals surface area contributed by atoms with Crippen LogP contribution >= 0.6 is 0 Å². The first kappa shape index (κ1) is 17.4. The minimum atomic E-state index is -3.73. The Labute approximate surface area is 157 Å². The highest BCUT2D eigenvalue weighted by molar-refractivity contribution is 7.93. The highest BCUT2D eigenvalue weighted by atomic mass is 32.2. The van der Waals surface area contributed by atoms with Gasteiger partial charge in [-0.15, -0.1) is 0 Å². The van der Waals surface area contributed by atoms with Gasteiger partial charge < -0.3 is 10.1 Å². The van der Waals surface area contributed by atoms with Crippen LogP contribution in [0, 0.1) is 0 Å². The van der Waals surface area contributed by atoms with Crippen LogP contribution in [0.25, 0.3) is 10.8 Å². The Morgan fingerprint density at radius 1 is 0.963 bits per heavy atom. The quantitative estimate of drug-likeness (QED) is 0.665. The van der Waals surface area contributed by atoms with Crippen molar-refractivity contribution in [2.45, 2.75) is 4.90 Å². The van der Waals surface area contributed by atoms with Crippen molar-refractivity contribution in [3.8, 4) is 5.75 Å². The average molecular weight is 382 g/mol. The van der Waals surface area contributed by atoms with Crippen LogP contribution in [0.1, 0.15) is 0 Å². The van der Waals surface area contributed by atoms with E-state index in [0.29, 0.717) is 24.2 Å². The third-order valence-corrected chi connectivity index (χ3v) is 6.21. The summed E-state index contributed by atoms with van der Waals surface area (Å²) in [7, 11) is -3.73. The first-order chi connectivity index (χ1) is 13.1. The maximum absolute atomic E-state index is 12.8. The van der Waals surface area contributed by atoms with Gasteiger partial charge in [0.25, 0.3) is 10.0 Å². The normalized spacial score (nSPS) is 14.3. The third kappa shape index (κ3) is 3.21. The molecule has 3 aromatic carbocycles. The van der Waals surface area contributed by atoms with Gasteiger partial charge in [0, 0.05) is 5.39 Å². The number of carbonyl (C=O) groups excluding carboxylic acids is 1. The molecule has 0 spiro atoms. The molecule has 0 aliphatic carbocycles. The van der Waals surface area contributed by atoms with E-state index >= 15 is 0 Å². The summed E-state index contributed by atoms with van der Waals surface area (Å²) < 4.78 is 32.4. The van der Waals surface area contributed by atoms with E-state index in [4.69, 9.17) is 4.74 Å². The maximum Gasteiger partial charge on any atom is 0.265 e. The molecular weight excluding hydrogens is 364 g/mol. The minimum Gasteiger partial charge on any atom is -0.492 e. The molecule has 1 aliphatic heterocycles. The zero-order chi connectivity index (χ0) is 18.9. The molecule has 0 saturated carbocycles. The molecular formula is C20H18N2O4S. The highest BCUT2D eigenvalue weighted by Crippen LogP contribution is 2.41. The fourth-order valence-corrected chi connectivity index (χ4v) is 4.86. The molecule has 1 N–H and O–H groups in total. The van der Waals surface area contributed by atoms with Gasteiger partial charge in [0.1, 0.15) is 18.9 Å². The Morgan fingerprint density at radius 2 is 1.70 bits per heavy atom. The molecule has 4 rings (SSSR count). The number of anilines is 1. The lowest BCUT2D eigenvalue weighted by Gasteiger charge is -2.18. The van der Waals surface area contributed by atoms with Gasteiger partial charge in [-0.05, 0) is 29.7 Å². The molecule has 1 heterocycles. The molecule has 7 heteroatoms. The number of benzene rings is 3. The molecule has 1 aliphatic rings. The van der Waals surface area contributed by atoms with Gasteiger partial charge in [-0.25, -0.2) is 8.42 Å².